The standard InChI is InChI=1S/C30H37IN2O4/c1-18-16-21(19(2)32-23-11-9-8-10-20(23)28(35)37-29(3,4)5)26-22(17-18)25(34)24(31)27(36-26)33-14-12-30(6,7)13-15-33/h8-11,16-17,19,32H,12-15H2,1-7H3/t19-/m1/s1. The number of aryl methyl sites for hydroxylation is 1. The van der Waals surface area contributed by atoms with Gasteiger partial charge in [-0.25, -0.2) is 4.79 Å². The summed E-state index contributed by atoms with van der Waals surface area (Å²) in [6, 6.07) is 11.1. The molecule has 0 unspecified atom stereocenters. The molecule has 0 spiro atoms. The zero-order valence-corrected chi connectivity index (χ0v) is 25.0. The molecule has 2 heterocycles. The van der Waals surface area contributed by atoms with Crippen LogP contribution in [0.1, 0.15) is 81.9 Å². The second kappa shape index (κ2) is 10.3. The Kier molecular flexibility index (Phi) is 7.66. The van der Waals surface area contributed by atoms with Crippen LogP contribution < -0.4 is 15.6 Å². The third-order valence-corrected chi connectivity index (χ3v) is 7.83. The number of esters is 1. The van der Waals surface area contributed by atoms with E-state index in [2.05, 4.69) is 52.7 Å². The number of benzene rings is 2. The number of para-hydroxylation sites is 1. The van der Waals surface area contributed by atoms with E-state index in [1.807, 2.05) is 58.9 Å². The van der Waals surface area contributed by atoms with Gasteiger partial charge in [-0.15, -0.1) is 0 Å². The van der Waals surface area contributed by atoms with Crippen LogP contribution in [0.2, 0.25) is 0 Å². The Labute approximate surface area is 232 Å². The SMILES string of the molecule is Cc1cc([C@@H](C)Nc2ccccc2C(=O)OC(C)(C)C)c2oc(N3CCC(C)(C)CC3)c(I)c(=O)c2c1. The van der Waals surface area contributed by atoms with E-state index in [4.69, 9.17) is 9.15 Å². The second-order valence-corrected chi connectivity index (χ2v) is 12.9. The first-order valence-electron chi connectivity index (χ1n) is 12.9. The summed E-state index contributed by atoms with van der Waals surface area (Å²) in [5, 5.41) is 4.06. The number of fused-ring (bicyclic) bond motifs is 1. The van der Waals surface area contributed by atoms with E-state index in [-0.39, 0.29) is 17.4 Å². The van der Waals surface area contributed by atoms with E-state index in [0.717, 1.165) is 37.1 Å². The van der Waals surface area contributed by atoms with Crippen molar-refractivity contribution in [2.24, 2.45) is 5.41 Å². The van der Waals surface area contributed by atoms with Gasteiger partial charge < -0.3 is 19.4 Å². The molecule has 37 heavy (non-hydrogen) atoms. The average Bonchev–Trinajstić information content (AvgIpc) is 2.80. The van der Waals surface area contributed by atoms with Crippen LogP contribution in [0, 0.1) is 15.9 Å². The van der Waals surface area contributed by atoms with E-state index in [1.54, 1.807) is 6.07 Å². The molecule has 1 aliphatic rings. The van der Waals surface area contributed by atoms with Gasteiger partial charge in [0.05, 0.1) is 17.0 Å². The monoisotopic (exact) mass is 616 g/mol. The highest BCUT2D eigenvalue weighted by molar-refractivity contribution is 14.1. The second-order valence-electron chi connectivity index (χ2n) is 11.8. The molecule has 1 N–H and O–H groups in total. The third-order valence-electron chi connectivity index (χ3n) is 6.88. The average molecular weight is 617 g/mol. The lowest BCUT2D eigenvalue weighted by Crippen LogP contribution is -2.38. The summed E-state index contributed by atoms with van der Waals surface area (Å²) >= 11 is 2.13. The number of ether oxygens (including phenoxy) is 1. The van der Waals surface area contributed by atoms with E-state index in [0.29, 0.717) is 37.1 Å². The minimum Gasteiger partial charge on any atom is -0.456 e. The predicted molar refractivity (Wildman–Crippen MR) is 159 cm³/mol. The maximum atomic E-state index is 13.5. The molecule has 2 aromatic carbocycles. The van der Waals surface area contributed by atoms with E-state index in [1.165, 1.54) is 0 Å². The summed E-state index contributed by atoms with van der Waals surface area (Å²) in [4.78, 5) is 28.6. The van der Waals surface area contributed by atoms with Crippen molar-refractivity contribution in [2.45, 2.75) is 73.0 Å². The molecule has 7 heteroatoms. The topological polar surface area (TPSA) is 71.8 Å². The number of anilines is 2. The minimum atomic E-state index is -0.594. The van der Waals surface area contributed by atoms with Gasteiger partial charge in [0.25, 0.3) is 0 Å². The number of rotatable bonds is 5. The fourth-order valence-corrected chi connectivity index (χ4v) is 5.45. The summed E-state index contributed by atoms with van der Waals surface area (Å²) in [6.07, 6.45) is 2.09. The lowest BCUT2D eigenvalue weighted by Gasteiger charge is -2.37. The number of hydrogen-bond donors (Lipinski definition) is 1. The predicted octanol–water partition coefficient (Wildman–Crippen LogP) is 7.46. The summed E-state index contributed by atoms with van der Waals surface area (Å²) in [6.45, 7) is 15.8. The highest BCUT2D eigenvalue weighted by atomic mass is 127. The maximum absolute atomic E-state index is 13.5. The number of hydrogen-bond acceptors (Lipinski definition) is 6. The van der Waals surface area contributed by atoms with Crippen LogP contribution in [0.15, 0.2) is 45.6 Å². The molecule has 0 aliphatic carbocycles. The van der Waals surface area contributed by atoms with Gasteiger partial charge >= 0.3 is 5.97 Å². The maximum Gasteiger partial charge on any atom is 0.340 e. The molecular formula is C30H37IN2O4. The lowest BCUT2D eigenvalue weighted by atomic mass is 9.83. The number of halogens is 1. The first kappa shape index (κ1) is 27.5. The zero-order chi connectivity index (χ0) is 27.1. The van der Waals surface area contributed by atoms with Crippen LogP contribution in [-0.2, 0) is 4.74 Å². The Balaban J connectivity index is 1.74. The van der Waals surface area contributed by atoms with Gasteiger partial charge in [0.15, 0.2) is 0 Å². The molecule has 0 saturated carbocycles. The largest absolute Gasteiger partial charge is 0.456 e. The highest BCUT2D eigenvalue weighted by Crippen LogP contribution is 2.36. The molecule has 4 rings (SSSR count). The highest BCUT2D eigenvalue weighted by Gasteiger charge is 2.29. The number of nitrogens with zero attached hydrogens (tertiary/aromatic N) is 1. The van der Waals surface area contributed by atoms with Gasteiger partial charge in [-0.2, -0.15) is 0 Å². The van der Waals surface area contributed by atoms with Gasteiger partial charge in [-0.3, -0.25) is 4.79 Å². The third kappa shape index (κ3) is 6.13. The Morgan fingerprint density at radius 3 is 2.46 bits per heavy atom. The van der Waals surface area contributed by atoms with Gasteiger partial charge in [-0.1, -0.05) is 32.0 Å². The number of nitrogens with one attached hydrogen (secondary N) is 1. The summed E-state index contributed by atoms with van der Waals surface area (Å²) in [7, 11) is 0. The molecule has 0 radical (unpaired) electrons. The molecule has 1 aliphatic heterocycles. The fraction of sp³-hybridized carbons (Fsp3) is 0.467. The summed E-state index contributed by atoms with van der Waals surface area (Å²) in [5.74, 6) is 0.272. The molecule has 198 valence electrons. The minimum absolute atomic E-state index is 0.00649. The van der Waals surface area contributed by atoms with Crippen molar-refractivity contribution >= 4 is 51.1 Å². The van der Waals surface area contributed by atoms with Crippen LogP contribution in [0.4, 0.5) is 11.6 Å². The van der Waals surface area contributed by atoms with Gasteiger partial charge in [-0.05, 0) is 99.2 Å². The van der Waals surface area contributed by atoms with Crippen molar-refractivity contribution < 1.29 is 13.9 Å². The van der Waals surface area contributed by atoms with Crippen molar-refractivity contribution in [2.75, 3.05) is 23.3 Å². The van der Waals surface area contributed by atoms with Crippen LogP contribution in [0.3, 0.4) is 0 Å². The molecule has 1 saturated heterocycles. The Morgan fingerprint density at radius 2 is 1.81 bits per heavy atom. The van der Waals surface area contributed by atoms with Gasteiger partial charge in [0.2, 0.25) is 11.3 Å². The molecular weight excluding hydrogens is 579 g/mol. The molecule has 0 bridgehead atoms. The molecule has 0 amide bonds. The Morgan fingerprint density at radius 1 is 1.16 bits per heavy atom. The van der Waals surface area contributed by atoms with E-state index < -0.39 is 5.60 Å². The van der Waals surface area contributed by atoms with Crippen LogP contribution >= 0.6 is 22.6 Å². The summed E-state index contributed by atoms with van der Waals surface area (Å²) < 4.78 is 12.8. The van der Waals surface area contributed by atoms with Crippen molar-refractivity contribution in [3.63, 3.8) is 0 Å². The van der Waals surface area contributed by atoms with Crippen molar-refractivity contribution in [1.29, 1.82) is 0 Å². The zero-order valence-electron chi connectivity index (χ0n) is 22.8. The van der Waals surface area contributed by atoms with E-state index >= 15 is 0 Å². The molecule has 1 atom stereocenters. The van der Waals surface area contributed by atoms with E-state index in [9.17, 15) is 9.59 Å². The van der Waals surface area contributed by atoms with Crippen molar-refractivity contribution in [3.05, 3.63) is 66.9 Å². The fourth-order valence-electron chi connectivity index (χ4n) is 4.71. The molecule has 3 aromatic rings. The number of carbonyl (C=O) groups is 1. The first-order chi connectivity index (χ1) is 17.3. The van der Waals surface area contributed by atoms with Crippen molar-refractivity contribution in [1.82, 2.24) is 0 Å². The van der Waals surface area contributed by atoms with Crippen LogP contribution in [0.25, 0.3) is 11.0 Å². The van der Waals surface area contributed by atoms with Crippen LogP contribution in [-0.4, -0.2) is 24.7 Å². The Bertz CT molecular complexity index is 1380. The quantitative estimate of drug-likeness (QED) is 0.237. The normalized spacial score (nSPS) is 16.5. The van der Waals surface area contributed by atoms with Crippen LogP contribution in [0.5, 0.6) is 0 Å². The van der Waals surface area contributed by atoms with Gasteiger partial charge in [0.1, 0.15) is 14.8 Å². The summed E-state index contributed by atoms with van der Waals surface area (Å²) in [5.41, 5.74) is 3.27. The first-order valence-corrected chi connectivity index (χ1v) is 13.9. The smallest absolute Gasteiger partial charge is 0.340 e. The van der Waals surface area contributed by atoms with Crippen molar-refractivity contribution in [3.8, 4) is 0 Å². The number of piperidine rings is 1. The molecule has 6 nitrogen and oxygen atoms in total. The Hall–Kier alpha value is -2.55. The molecule has 1 fully saturated rings. The molecule has 1 aromatic heterocycles. The number of carbonyl (C=O) groups excluding carboxylic acids is 1. The van der Waals surface area contributed by atoms with Gasteiger partial charge in [0, 0.05) is 24.3 Å². The lowest BCUT2D eigenvalue weighted by molar-refractivity contribution is 0.00706.